The van der Waals surface area contributed by atoms with Gasteiger partial charge in [0.2, 0.25) is 10.0 Å². The van der Waals surface area contributed by atoms with Gasteiger partial charge in [0.25, 0.3) is 5.91 Å². The number of hydrogen-bond acceptors (Lipinski definition) is 5. The molecule has 0 radical (unpaired) electrons. The average molecular weight is 558 g/mol. The maximum Gasteiger partial charge on any atom is 0.258 e. The van der Waals surface area contributed by atoms with Crippen molar-refractivity contribution < 1.29 is 22.7 Å². The van der Waals surface area contributed by atoms with Crippen LogP contribution in [0.5, 0.6) is 5.75 Å². The molecule has 40 heavy (non-hydrogen) atoms. The number of sulfonamides is 1. The Hall–Kier alpha value is -3.92. The molecule has 0 spiro atoms. The van der Waals surface area contributed by atoms with E-state index in [2.05, 4.69) is 16.8 Å². The number of likely N-dealkylation sites (N-methyl/N-ethyl adjacent to an activating group) is 1. The molecule has 9 heteroatoms. The van der Waals surface area contributed by atoms with E-state index in [1.807, 2.05) is 54.6 Å². The Labute approximate surface area is 234 Å². The summed E-state index contributed by atoms with van der Waals surface area (Å²) in [7, 11) is -1.98. The quantitative estimate of drug-likeness (QED) is 0.233. The van der Waals surface area contributed by atoms with E-state index in [1.165, 1.54) is 4.31 Å². The molecule has 0 unspecified atom stereocenters. The number of hydrogen-bond donors (Lipinski definition) is 0. The highest BCUT2D eigenvalue weighted by Gasteiger charge is 2.33. The van der Waals surface area contributed by atoms with Crippen molar-refractivity contribution in [3.05, 3.63) is 90.1 Å². The van der Waals surface area contributed by atoms with Crippen molar-refractivity contribution >= 4 is 44.2 Å². The monoisotopic (exact) mass is 557 g/mol. The molecule has 4 aromatic rings. The van der Waals surface area contributed by atoms with Crippen LogP contribution in [0.15, 0.2) is 83.9 Å². The first-order valence-electron chi connectivity index (χ1n) is 13.4. The number of nitrogens with zero attached hydrogens (tertiary/aromatic N) is 3. The molecule has 6 rings (SSSR count). The zero-order chi connectivity index (χ0) is 27.7. The van der Waals surface area contributed by atoms with Crippen LogP contribution in [0.3, 0.4) is 0 Å². The van der Waals surface area contributed by atoms with Crippen LogP contribution in [-0.2, 0) is 26.1 Å². The second kappa shape index (κ2) is 10.9. The minimum Gasteiger partial charge on any atom is -0.494 e. The summed E-state index contributed by atoms with van der Waals surface area (Å²) in [6.45, 7) is 2.72. The van der Waals surface area contributed by atoms with Gasteiger partial charge in [-0.25, -0.2) is 8.42 Å². The standard InChI is InChI=1S/C31H31N3O5S/c1-32-29-13-12-25(40(36,37)34-15-18-38-19-16-34)21-27(29)28(31(32)35)20-23-22-33(30-11-6-5-10-26(23)30)14-7-17-39-24-8-3-2-4-9-24/h2-6,8-13,20-22H,7,14-19H2,1H3. The van der Waals surface area contributed by atoms with Crippen LogP contribution in [-0.4, -0.2) is 63.2 Å². The molecule has 206 valence electrons. The Balaban J connectivity index is 1.31. The molecule has 0 aliphatic carbocycles. The number of fused-ring (bicyclic) bond motifs is 2. The van der Waals surface area contributed by atoms with E-state index in [0.29, 0.717) is 49.7 Å². The maximum atomic E-state index is 13.4. The van der Waals surface area contributed by atoms with Crippen molar-refractivity contribution in [1.29, 1.82) is 0 Å². The summed E-state index contributed by atoms with van der Waals surface area (Å²) in [4.78, 5) is 15.1. The van der Waals surface area contributed by atoms with Crippen LogP contribution in [0.25, 0.3) is 22.6 Å². The number of ether oxygens (including phenoxy) is 2. The summed E-state index contributed by atoms with van der Waals surface area (Å²) in [5, 5.41) is 1.03. The third-order valence-corrected chi connectivity index (χ3v) is 9.33. The van der Waals surface area contributed by atoms with Gasteiger partial charge in [-0.15, -0.1) is 0 Å². The number of carbonyl (C=O) groups excluding carboxylic acids is 1. The summed E-state index contributed by atoms with van der Waals surface area (Å²) in [6, 6.07) is 22.8. The Morgan fingerprint density at radius 1 is 0.975 bits per heavy atom. The highest BCUT2D eigenvalue weighted by atomic mass is 32.2. The number of para-hydroxylation sites is 2. The number of carbonyl (C=O) groups is 1. The van der Waals surface area contributed by atoms with E-state index in [9.17, 15) is 13.2 Å². The fourth-order valence-corrected chi connectivity index (χ4v) is 6.77. The minimum atomic E-state index is -3.70. The highest BCUT2D eigenvalue weighted by molar-refractivity contribution is 7.89. The number of anilines is 1. The number of benzene rings is 3. The van der Waals surface area contributed by atoms with Gasteiger partial charge in [-0.1, -0.05) is 36.4 Å². The van der Waals surface area contributed by atoms with E-state index in [4.69, 9.17) is 9.47 Å². The summed E-state index contributed by atoms with van der Waals surface area (Å²) < 4.78 is 41.5. The van der Waals surface area contributed by atoms with Crippen LogP contribution in [0.1, 0.15) is 17.5 Å². The van der Waals surface area contributed by atoms with Gasteiger partial charge >= 0.3 is 0 Å². The van der Waals surface area contributed by atoms with Crippen LogP contribution in [0.2, 0.25) is 0 Å². The van der Waals surface area contributed by atoms with Gasteiger partial charge < -0.3 is 18.9 Å². The van der Waals surface area contributed by atoms with Crippen molar-refractivity contribution in [3.8, 4) is 5.75 Å². The fourth-order valence-electron chi connectivity index (χ4n) is 5.34. The lowest BCUT2D eigenvalue weighted by atomic mass is 10.0. The van der Waals surface area contributed by atoms with E-state index in [1.54, 1.807) is 30.1 Å². The van der Waals surface area contributed by atoms with Gasteiger partial charge in [0.1, 0.15) is 5.75 Å². The molecular formula is C31H31N3O5S. The van der Waals surface area contributed by atoms with Gasteiger partial charge in [-0.2, -0.15) is 4.31 Å². The summed E-state index contributed by atoms with van der Waals surface area (Å²) in [6.07, 6.45) is 4.76. The lowest BCUT2D eigenvalue weighted by molar-refractivity contribution is -0.112. The average Bonchev–Trinajstić information content (AvgIpc) is 3.46. The molecule has 3 aromatic carbocycles. The van der Waals surface area contributed by atoms with E-state index in [-0.39, 0.29) is 10.8 Å². The second-order valence-electron chi connectivity index (χ2n) is 9.93. The largest absolute Gasteiger partial charge is 0.494 e. The van der Waals surface area contributed by atoms with Crippen LogP contribution < -0.4 is 9.64 Å². The fraction of sp³-hybridized carbons (Fsp3) is 0.258. The lowest BCUT2D eigenvalue weighted by Gasteiger charge is -2.26. The molecule has 2 aliphatic heterocycles. The van der Waals surface area contributed by atoms with Crippen molar-refractivity contribution in [2.75, 3.05) is 44.9 Å². The number of amides is 1. The Morgan fingerprint density at radius 2 is 1.73 bits per heavy atom. The number of rotatable bonds is 8. The van der Waals surface area contributed by atoms with E-state index < -0.39 is 10.0 Å². The zero-order valence-corrected chi connectivity index (χ0v) is 23.1. The third-order valence-electron chi connectivity index (χ3n) is 7.44. The number of aryl methyl sites for hydroxylation is 1. The molecule has 1 amide bonds. The van der Waals surface area contributed by atoms with Crippen LogP contribution >= 0.6 is 0 Å². The molecule has 0 saturated carbocycles. The Kier molecular flexibility index (Phi) is 7.18. The molecule has 0 bridgehead atoms. The van der Waals surface area contributed by atoms with Crippen molar-refractivity contribution in [2.45, 2.75) is 17.9 Å². The SMILES string of the molecule is CN1C(=O)C(=Cc2cn(CCCOc3ccccc3)c3ccccc23)c2cc(S(=O)(=O)N3CCOCC3)ccc21. The number of aromatic nitrogens is 1. The summed E-state index contributed by atoms with van der Waals surface area (Å²) >= 11 is 0. The molecule has 8 nitrogen and oxygen atoms in total. The van der Waals surface area contributed by atoms with E-state index in [0.717, 1.165) is 35.2 Å². The molecular weight excluding hydrogens is 526 g/mol. The lowest BCUT2D eigenvalue weighted by Crippen LogP contribution is -2.40. The molecule has 0 atom stereocenters. The highest BCUT2D eigenvalue weighted by Crippen LogP contribution is 2.39. The molecule has 1 aromatic heterocycles. The molecule has 2 aliphatic rings. The van der Waals surface area contributed by atoms with Gasteiger partial charge in [0.15, 0.2) is 0 Å². The molecule has 3 heterocycles. The zero-order valence-electron chi connectivity index (χ0n) is 22.3. The van der Waals surface area contributed by atoms with Crippen LogP contribution in [0, 0.1) is 0 Å². The van der Waals surface area contributed by atoms with Gasteiger partial charge in [0.05, 0.1) is 30.4 Å². The molecule has 1 fully saturated rings. The predicted octanol–water partition coefficient (Wildman–Crippen LogP) is 4.65. The van der Waals surface area contributed by atoms with Crippen molar-refractivity contribution in [3.63, 3.8) is 0 Å². The topological polar surface area (TPSA) is 81.1 Å². The smallest absolute Gasteiger partial charge is 0.258 e. The molecule has 0 N–H and O–H groups in total. The summed E-state index contributed by atoms with van der Waals surface area (Å²) in [5.74, 6) is 0.687. The minimum absolute atomic E-state index is 0.163. The first-order valence-corrected chi connectivity index (χ1v) is 14.9. The normalized spacial score (nSPS) is 17.1. The summed E-state index contributed by atoms with van der Waals surface area (Å²) in [5.41, 5.74) is 3.77. The first kappa shape index (κ1) is 26.3. The maximum absolute atomic E-state index is 13.4. The van der Waals surface area contributed by atoms with Gasteiger partial charge in [0, 0.05) is 60.5 Å². The third kappa shape index (κ3) is 4.92. The van der Waals surface area contributed by atoms with Crippen LogP contribution in [0.4, 0.5) is 5.69 Å². The molecule has 1 saturated heterocycles. The first-order chi connectivity index (χ1) is 19.4. The van der Waals surface area contributed by atoms with Gasteiger partial charge in [-0.3, -0.25) is 4.79 Å². The van der Waals surface area contributed by atoms with Crippen molar-refractivity contribution in [1.82, 2.24) is 8.87 Å². The Morgan fingerprint density at radius 3 is 2.52 bits per heavy atom. The van der Waals surface area contributed by atoms with Gasteiger partial charge in [-0.05, 0) is 48.9 Å². The number of morpholine rings is 1. The van der Waals surface area contributed by atoms with E-state index >= 15 is 0 Å². The van der Waals surface area contributed by atoms with Crippen molar-refractivity contribution in [2.24, 2.45) is 0 Å². The predicted molar refractivity (Wildman–Crippen MR) is 156 cm³/mol. The second-order valence-corrected chi connectivity index (χ2v) is 11.9. The Bertz CT molecular complexity index is 1690.